The molecule has 0 saturated carbocycles. The molecular formula is C13H11ClN4O3S. The van der Waals surface area contributed by atoms with E-state index in [1.165, 1.54) is 16.7 Å². The quantitative estimate of drug-likeness (QED) is 0.738. The largest absolute Gasteiger partial charge is 0.347 e. The summed E-state index contributed by atoms with van der Waals surface area (Å²) < 4.78 is 1.24. The highest BCUT2D eigenvalue weighted by atomic mass is 35.5. The second kappa shape index (κ2) is 6.54. The van der Waals surface area contributed by atoms with Gasteiger partial charge in [-0.1, -0.05) is 0 Å². The summed E-state index contributed by atoms with van der Waals surface area (Å²) in [4.78, 5) is 41.7. The molecule has 0 saturated heterocycles. The first-order valence-corrected chi connectivity index (χ1v) is 6.88. The van der Waals surface area contributed by atoms with Gasteiger partial charge in [0.15, 0.2) is 0 Å². The third kappa shape index (κ3) is 3.23. The maximum absolute atomic E-state index is 12.1. The van der Waals surface area contributed by atoms with Crippen LogP contribution in [-0.2, 0) is 6.54 Å². The molecule has 3 aromatic rings. The lowest BCUT2D eigenvalue weighted by atomic mass is 10.3. The minimum Gasteiger partial charge on any atom is -0.347 e. The molecule has 0 aliphatic heterocycles. The molecule has 1 amide bonds. The van der Waals surface area contributed by atoms with Crippen LogP contribution in [0.3, 0.4) is 0 Å². The van der Waals surface area contributed by atoms with Crippen LogP contribution in [0.1, 0.15) is 15.2 Å². The molecular weight excluding hydrogens is 328 g/mol. The number of amides is 1. The Morgan fingerprint density at radius 2 is 2.05 bits per heavy atom. The van der Waals surface area contributed by atoms with Gasteiger partial charge < -0.3 is 5.32 Å². The first-order valence-electron chi connectivity index (χ1n) is 6.06. The number of nitrogens with zero attached hydrogens (tertiary/aromatic N) is 2. The van der Waals surface area contributed by atoms with Crippen molar-refractivity contribution in [2.24, 2.45) is 0 Å². The lowest BCUT2D eigenvalue weighted by Crippen LogP contribution is -2.24. The number of halogens is 1. The second-order valence-electron chi connectivity index (χ2n) is 4.28. The van der Waals surface area contributed by atoms with E-state index in [1.54, 1.807) is 24.5 Å². The SMILES string of the molecule is Cl.O=C(NCc1ccncc1)c1cn2c(=O)[nH]c(=O)cc2s1. The summed E-state index contributed by atoms with van der Waals surface area (Å²) in [5, 5.41) is 2.75. The van der Waals surface area contributed by atoms with Crippen molar-refractivity contribution in [1.29, 1.82) is 0 Å². The van der Waals surface area contributed by atoms with E-state index in [0.717, 1.165) is 16.9 Å². The summed E-state index contributed by atoms with van der Waals surface area (Å²) in [6.45, 7) is 0.365. The van der Waals surface area contributed by atoms with Crippen LogP contribution < -0.4 is 16.6 Å². The first kappa shape index (κ1) is 15.9. The predicted molar refractivity (Wildman–Crippen MR) is 84.8 cm³/mol. The van der Waals surface area contributed by atoms with E-state index in [-0.39, 0.29) is 18.3 Å². The number of aromatic amines is 1. The summed E-state index contributed by atoms with van der Waals surface area (Å²) in [6.07, 6.45) is 4.71. The van der Waals surface area contributed by atoms with E-state index in [9.17, 15) is 14.4 Å². The van der Waals surface area contributed by atoms with Crippen molar-refractivity contribution in [3.63, 3.8) is 0 Å². The Morgan fingerprint density at radius 1 is 1.32 bits per heavy atom. The number of carbonyl (C=O) groups is 1. The fourth-order valence-corrected chi connectivity index (χ4v) is 2.76. The average molecular weight is 339 g/mol. The van der Waals surface area contributed by atoms with Gasteiger partial charge in [-0.2, -0.15) is 0 Å². The van der Waals surface area contributed by atoms with Gasteiger partial charge in [0, 0.05) is 31.2 Å². The van der Waals surface area contributed by atoms with Crippen LogP contribution in [0, 0.1) is 0 Å². The van der Waals surface area contributed by atoms with Gasteiger partial charge in [-0.15, -0.1) is 23.7 Å². The number of nitrogens with one attached hydrogen (secondary N) is 2. The number of thiazole rings is 1. The number of hydrogen-bond acceptors (Lipinski definition) is 5. The van der Waals surface area contributed by atoms with Gasteiger partial charge in [0.25, 0.3) is 11.5 Å². The van der Waals surface area contributed by atoms with E-state index in [0.29, 0.717) is 16.3 Å². The van der Waals surface area contributed by atoms with Crippen LogP contribution in [0.25, 0.3) is 4.83 Å². The lowest BCUT2D eigenvalue weighted by Gasteiger charge is -2.02. The molecule has 2 N–H and O–H groups in total. The molecule has 0 aliphatic carbocycles. The van der Waals surface area contributed by atoms with Crippen molar-refractivity contribution in [2.75, 3.05) is 0 Å². The van der Waals surface area contributed by atoms with Crippen molar-refractivity contribution in [2.45, 2.75) is 6.54 Å². The second-order valence-corrected chi connectivity index (χ2v) is 5.34. The lowest BCUT2D eigenvalue weighted by molar-refractivity contribution is 0.0954. The monoisotopic (exact) mass is 338 g/mol. The highest BCUT2D eigenvalue weighted by Gasteiger charge is 2.11. The topological polar surface area (TPSA) is 96.3 Å². The van der Waals surface area contributed by atoms with Gasteiger partial charge in [-0.05, 0) is 17.7 Å². The van der Waals surface area contributed by atoms with E-state index < -0.39 is 11.2 Å². The van der Waals surface area contributed by atoms with Crippen LogP contribution in [0.15, 0.2) is 46.4 Å². The standard InChI is InChI=1S/C13H10N4O3S.ClH/c18-10-5-11-17(13(20)16-10)7-9(21-11)12(19)15-6-8-1-3-14-4-2-8;/h1-5,7H,6H2,(H,15,19)(H,16,18,20);1H. The maximum Gasteiger partial charge on any atom is 0.333 e. The van der Waals surface area contributed by atoms with E-state index in [1.807, 2.05) is 0 Å². The zero-order chi connectivity index (χ0) is 14.8. The Labute approximate surface area is 134 Å². The Bertz CT molecular complexity index is 916. The van der Waals surface area contributed by atoms with E-state index in [2.05, 4.69) is 15.3 Å². The van der Waals surface area contributed by atoms with Crippen molar-refractivity contribution in [1.82, 2.24) is 19.7 Å². The third-order valence-corrected chi connectivity index (χ3v) is 3.86. The van der Waals surface area contributed by atoms with Crippen molar-refractivity contribution < 1.29 is 4.79 Å². The van der Waals surface area contributed by atoms with Gasteiger partial charge in [0.05, 0.1) is 0 Å². The number of H-pyrrole nitrogens is 1. The average Bonchev–Trinajstić information content (AvgIpc) is 2.90. The zero-order valence-electron chi connectivity index (χ0n) is 11.1. The highest BCUT2D eigenvalue weighted by Crippen LogP contribution is 2.14. The molecule has 0 spiro atoms. The first-order chi connectivity index (χ1) is 10.1. The summed E-state index contributed by atoms with van der Waals surface area (Å²) in [7, 11) is 0. The van der Waals surface area contributed by atoms with Crippen LogP contribution in [0.5, 0.6) is 0 Å². The number of rotatable bonds is 3. The normalized spacial score (nSPS) is 10.2. The van der Waals surface area contributed by atoms with Crippen LogP contribution in [0.4, 0.5) is 0 Å². The molecule has 0 unspecified atom stereocenters. The zero-order valence-corrected chi connectivity index (χ0v) is 12.7. The van der Waals surface area contributed by atoms with Gasteiger partial charge >= 0.3 is 5.69 Å². The predicted octanol–water partition coefficient (Wildman–Crippen LogP) is 0.796. The van der Waals surface area contributed by atoms with Gasteiger partial charge in [-0.3, -0.25) is 24.0 Å². The number of pyridine rings is 1. The van der Waals surface area contributed by atoms with E-state index >= 15 is 0 Å². The van der Waals surface area contributed by atoms with Crippen LogP contribution in [0.2, 0.25) is 0 Å². The molecule has 7 nitrogen and oxygen atoms in total. The van der Waals surface area contributed by atoms with Crippen molar-refractivity contribution in [3.05, 3.63) is 68.1 Å². The van der Waals surface area contributed by atoms with Gasteiger partial charge in [-0.25, -0.2) is 4.79 Å². The molecule has 0 aromatic carbocycles. The summed E-state index contributed by atoms with van der Waals surface area (Å²) in [5.74, 6) is -0.299. The third-order valence-electron chi connectivity index (χ3n) is 2.83. The minimum absolute atomic E-state index is 0. The number of aromatic nitrogens is 3. The van der Waals surface area contributed by atoms with Gasteiger partial charge in [0.1, 0.15) is 9.71 Å². The van der Waals surface area contributed by atoms with Crippen LogP contribution >= 0.6 is 23.7 Å². The molecule has 0 aliphatic rings. The number of fused-ring (bicyclic) bond motifs is 1. The molecule has 0 atom stereocenters. The Hall–Kier alpha value is -2.45. The van der Waals surface area contributed by atoms with Crippen molar-refractivity contribution >= 4 is 34.5 Å². The molecule has 22 heavy (non-hydrogen) atoms. The minimum atomic E-state index is -0.554. The fraction of sp³-hybridized carbons (Fsp3) is 0.0769. The van der Waals surface area contributed by atoms with Gasteiger partial charge in [0.2, 0.25) is 0 Å². The molecule has 0 bridgehead atoms. The molecule has 9 heteroatoms. The summed E-state index contributed by atoms with van der Waals surface area (Å²) in [5.41, 5.74) is -0.112. The molecule has 114 valence electrons. The number of carbonyl (C=O) groups excluding carboxylic acids is 1. The highest BCUT2D eigenvalue weighted by molar-refractivity contribution is 7.19. The summed E-state index contributed by atoms with van der Waals surface area (Å²) >= 11 is 1.09. The molecule has 0 fully saturated rings. The molecule has 3 aromatic heterocycles. The number of hydrogen-bond donors (Lipinski definition) is 2. The van der Waals surface area contributed by atoms with Crippen LogP contribution in [-0.4, -0.2) is 20.3 Å². The Balaban J connectivity index is 0.00000176. The molecule has 0 radical (unpaired) electrons. The Kier molecular flexibility index (Phi) is 4.74. The summed E-state index contributed by atoms with van der Waals surface area (Å²) in [6, 6.07) is 4.88. The van der Waals surface area contributed by atoms with E-state index in [4.69, 9.17) is 0 Å². The maximum atomic E-state index is 12.1. The Morgan fingerprint density at radius 3 is 2.77 bits per heavy atom. The van der Waals surface area contributed by atoms with Crippen molar-refractivity contribution in [3.8, 4) is 0 Å². The smallest absolute Gasteiger partial charge is 0.333 e. The molecule has 3 heterocycles. The fourth-order valence-electron chi connectivity index (χ4n) is 1.82. The molecule has 3 rings (SSSR count).